The highest BCUT2D eigenvalue weighted by atomic mass is 32.1. The highest BCUT2D eigenvalue weighted by molar-refractivity contribution is 7.22. The largest absolute Gasteiger partial charge is 0.348 e. The summed E-state index contributed by atoms with van der Waals surface area (Å²) in [4.78, 5) is 51.3. The molecule has 0 unspecified atom stereocenters. The summed E-state index contributed by atoms with van der Waals surface area (Å²) in [5.74, 6) is -0.391. The molecule has 2 aliphatic heterocycles. The summed E-state index contributed by atoms with van der Waals surface area (Å²) in [5.41, 5.74) is 0.377. The Morgan fingerprint density at radius 3 is 2.44 bits per heavy atom. The first-order valence-electron chi connectivity index (χ1n) is 11.7. The van der Waals surface area contributed by atoms with Gasteiger partial charge in [-0.05, 0) is 56.4 Å². The first-order valence-corrected chi connectivity index (χ1v) is 12.5. The maximum absolute atomic E-state index is 13.1. The molecule has 0 radical (unpaired) electrons. The quantitative estimate of drug-likeness (QED) is 0.518. The highest BCUT2D eigenvalue weighted by Crippen LogP contribution is 2.30. The second kappa shape index (κ2) is 9.61. The van der Waals surface area contributed by atoms with Crippen LogP contribution in [0.4, 0.5) is 9.52 Å². The van der Waals surface area contributed by atoms with Crippen molar-refractivity contribution in [2.75, 3.05) is 31.1 Å². The molecular weight excluding hydrogens is 457 g/mol. The van der Waals surface area contributed by atoms with Gasteiger partial charge >= 0.3 is 0 Å². The number of amides is 1. The second-order valence-electron chi connectivity index (χ2n) is 8.90. The molecule has 0 saturated carbocycles. The molecule has 4 heterocycles. The number of hydrogen-bond acceptors (Lipinski definition) is 7. The first-order chi connectivity index (χ1) is 16.5. The summed E-state index contributed by atoms with van der Waals surface area (Å²) >= 11 is 1.27. The molecule has 0 atom stereocenters. The standard InChI is InChI=1S/C24H26FN5O3S/c25-18-6-4-16(5-7-18)19(31)14-30-15-26-21-20(23(30)33)34-24(27-21)29-12-8-17(9-13-29)22(32)28-10-2-1-3-11-28/h4-7,15,17H,1-3,8-14H2. The molecule has 34 heavy (non-hydrogen) atoms. The number of Topliss-reactive ketones (excluding diaryl/α,β-unsaturated/α-hetero) is 1. The summed E-state index contributed by atoms with van der Waals surface area (Å²) in [7, 11) is 0. The van der Waals surface area contributed by atoms with Crippen molar-refractivity contribution in [3.8, 4) is 0 Å². The normalized spacial score (nSPS) is 17.3. The molecule has 3 aromatic rings. The number of fused-ring (bicyclic) bond motifs is 1. The fraction of sp³-hybridized carbons (Fsp3) is 0.458. The van der Waals surface area contributed by atoms with E-state index in [0.29, 0.717) is 34.1 Å². The minimum absolute atomic E-state index is 0.0524. The third-order valence-electron chi connectivity index (χ3n) is 6.64. The van der Waals surface area contributed by atoms with Crippen LogP contribution in [0.25, 0.3) is 10.3 Å². The Labute approximate surface area is 200 Å². The zero-order chi connectivity index (χ0) is 23.7. The average molecular weight is 484 g/mol. The van der Waals surface area contributed by atoms with E-state index in [1.807, 2.05) is 4.90 Å². The van der Waals surface area contributed by atoms with Crippen LogP contribution in [-0.2, 0) is 11.3 Å². The Kier molecular flexibility index (Phi) is 6.40. The average Bonchev–Trinajstić information content (AvgIpc) is 3.31. The first kappa shape index (κ1) is 22.6. The summed E-state index contributed by atoms with van der Waals surface area (Å²) in [6, 6.07) is 5.24. The lowest BCUT2D eigenvalue weighted by Gasteiger charge is -2.35. The third-order valence-corrected chi connectivity index (χ3v) is 7.73. The molecule has 0 N–H and O–H groups in total. The number of nitrogens with zero attached hydrogens (tertiary/aromatic N) is 5. The minimum Gasteiger partial charge on any atom is -0.348 e. The molecule has 0 bridgehead atoms. The van der Waals surface area contributed by atoms with Crippen LogP contribution in [0.2, 0.25) is 0 Å². The van der Waals surface area contributed by atoms with E-state index in [2.05, 4.69) is 14.9 Å². The number of halogens is 1. The van der Waals surface area contributed by atoms with Crippen LogP contribution < -0.4 is 10.5 Å². The van der Waals surface area contributed by atoms with Gasteiger partial charge in [0.1, 0.15) is 16.8 Å². The predicted molar refractivity (Wildman–Crippen MR) is 128 cm³/mol. The topological polar surface area (TPSA) is 88.4 Å². The molecule has 1 aromatic carbocycles. The van der Waals surface area contributed by atoms with Crippen molar-refractivity contribution in [1.29, 1.82) is 0 Å². The number of benzene rings is 1. The summed E-state index contributed by atoms with van der Waals surface area (Å²) in [5, 5.41) is 0.714. The van der Waals surface area contributed by atoms with Gasteiger partial charge in [0.25, 0.3) is 5.56 Å². The Bertz CT molecular complexity index is 1260. The lowest BCUT2D eigenvalue weighted by molar-refractivity contribution is -0.137. The van der Waals surface area contributed by atoms with Gasteiger partial charge in [0.2, 0.25) is 5.91 Å². The van der Waals surface area contributed by atoms with Crippen molar-refractivity contribution >= 4 is 38.5 Å². The molecule has 1 amide bonds. The Morgan fingerprint density at radius 1 is 1.03 bits per heavy atom. The van der Waals surface area contributed by atoms with Crippen molar-refractivity contribution in [3.63, 3.8) is 0 Å². The highest BCUT2D eigenvalue weighted by Gasteiger charge is 2.30. The summed E-state index contributed by atoms with van der Waals surface area (Å²) < 4.78 is 14.8. The van der Waals surface area contributed by atoms with E-state index in [-0.39, 0.29) is 29.7 Å². The minimum atomic E-state index is -0.422. The van der Waals surface area contributed by atoms with Crippen LogP contribution in [0.1, 0.15) is 42.5 Å². The van der Waals surface area contributed by atoms with Gasteiger partial charge in [-0.2, -0.15) is 4.98 Å². The number of likely N-dealkylation sites (tertiary alicyclic amines) is 1. The maximum Gasteiger partial charge on any atom is 0.273 e. The molecule has 178 valence electrons. The van der Waals surface area contributed by atoms with Crippen LogP contribution in [0.3, 0.4) is 0 Å². The number of piperidine rings is 2. The number of carbonyl (C=O) groups is 2. The van der Waals surface area contributed by atoms with Crippen LogP contribution in [0, 0.1) is 11.7 Å². The van der Waals surface area contributed by atoms with E-state index < -0.39 is 5.82 Å². The van der Waals surface area contributed by atoms with E-state index in [1.54, 1.807) is 0 Å². The molecule has 2 aliphatic rings. The van der Waals surface area contributed by atoms with Crippen LogP contribution in [0.15, 0.2) is 35.4 Å². The fourth-order valence-electron chi connectivity index (χ4n) is 4.66. The third kappa shape index (κ3) is 4.59. The van der Waals surface area contributed by atoms with Gasteiger partial charge in [0.15, 0.2) is 16.6 Å². The van der Waals surface area contributed by atoms with Crippen molar-refractivity contribution in [2.24, 2.45) is 5.92 Å². The van der Waals surface area contributed by atoms with Gasteiger partial charge in [0, 0.05) is 37.7 Å². The zero-order valence-electron chi connectivity index (χ0n) is 18.8. The Hall–Kier alpha value is -3.14. The Balaban J connectivity index is 1.27. The lowest BCUT2D eigenvalue weighted by atomic mass is 9.94. The molecule has 2 fully saturated rings. The number of anilines is 1. The van der Waals surface area contributed by atoms with Crippen LogP contribution in [-0.4, -0.2) is 57.3 Å². The van der Waals surface area contributed by atoms with Crippen LogP contribution >= 0.6 is 11.3 Å². The number of thiazole rings is 1. The van der Waals surface area contributed by atoms with Crippen molar-refractivity contribution in [2.45, 2.75) is 38.6 Å². The van der Waals surface area contributed by atoms with E-state index in [0.717, 1.165) is 38.8 Å². The van der Waals surface area contributed by atoms with Crippen molar-refractivity contribution in [3.05, 3.63) is 52.3 Å². The monoisotopic (exact) mass is 483 g/mol. The van der Waals surface area contributed by atoms with E-state index in [9.17, 15) is 18.8 Å². The van der Waals surface area contributed by atoms with E-state index in [4.69, 9.17) is 0 Å². The molecule has 2 aromatic heterocycles. The van der Waals surface area contributed by atoms with E-state index in [1.165, 1.54) is 52.9 Å². The molecule has 5 rings (SSSR count). The van der Waals surface area contributed by atoms with Gasteiger partial charge in [-0.15, -0.1) is 0 Å². The number of rotatable bonds is 5. The molecule has 0 spiro atoms. The van der Waals surface area contributed by atoms with E-state index >= 15 is 0 Å². The molecule has 0 aliphatic carbocycles. The molecule has 10 heteroatoms. The number of hydrogen-bond donors (Lipinski definition) is 0. The van der Waals surface area contributed by atoms with Gasteiger partial charge in [-0.25, -0.2) is 9.37 Å². The van der Waals surface area contributed by atoms with Gasteiger partial charge in [-0.3, -0.25) is 19.0 Å². The van der Waals surface area contributed by atoms with Crippen LogP contribution in [0.5, 0.6) is 0 Å². The molecule has 2 saturated heterocycles. The summed E-state index contributed by atoms with van der Waals surface area (Å²) in [6.45, 7) is 2.99. The van der Waals surface area contributed by atoms with Gasteiger partial charge < -0.3 is 9.80 Å². The Morgan fingerprint density at radius 2 is 1.74 bits per heavy atom. The van der Waals surface area contributed by atoms with Crippen molar-refractivity contribution < 1.29 is 14.0 Å². The fourth-order valence-corrected chi connectivity index (χ4v) is 5.68. The number of ketones is 1. The molecular formula is C24H26FN5O3S. The van der Waals surface area contributed by atoms with Gasteiger partial charge in [-0.1, -0.05) is 11.3 Å². The van der Waals surface area contributed by atoms with Crippen molar-refractivity contribution in [1.82, 2.24) is 19.4 Å². The maximum atomic E-state index is 13.1. The lowest BCUT2D eigenvalue weighted by Crippen LogP contribution is -2.44. The predicted octanol–water partition coefficient (Wildman–Crippen LogP) is 3.10. The molecule has 8 nitrogen and oxygen atoms in total. The SMILES string of the molecule is O=C(Cn1cnc2nc(N3CCC(C(=O)N4CCCCC4)CC3)sc2c1=O)c1ccc(F)cc1. The number of carbonyl (C=O) groups excluding carboxylic acids is 2. The number of aromatic nitrogens is 3. The summed E-state index contributed by atoms with van der Waals surface area (Å²) in [6.07, 6.45) is 6.27. The second-order valence-corrected chi connectivity index (χ2v) is 9.88. The smallest absolute Gasteiger partial charge is 0.273 e. The van der Waals surface area contributed by atoms with Gasteiger partial charge in [0.05, 0.1) is 6.54 Å². The zero-order valence-corrected chi connectivity index (χ0v) is 19.6.